The second-order valence-electron chi connectivity index (χ2n) is 10.2. The molecule has 2 aromatic carbocycles. The van der Waals surface area contributed by atoms with Gasteiger partial charge in [0, 0.05) is 24.4 Å². The van der Waals surface area contributed by atoms with Gasteiger partial charge in [-0.3, -0.25) is 4.99 Å². The van der Waals surface area contributed by atoms with E-state index in [2.05, 4.69) is 33.2 Å². The van der Waals surface area contributed by atoms with Gasteiger partial charge >= 0.3 is 0 Å². The largest absolute Gasteiger partial charge is 0.436 e. The highest BCUT2D eigenvalue weighted by atomic mass is 19.1. The first kappa shape index (κ1) is 23.7. The number of aromatic nitrogens is 4. The smallest absolute Gasteiger partial charge is 0.230 e. The number of rotatable bonds is 7. The van der Waals surface area contributed by atoms with E-state index in [1.807, 2.05) is 42.1 Å². The number of hydrogen-bond donors (Lipinski definition) is 0. The maximum atomic E-state index is 13.8. The second-order valence-corrected chi connectivity index (χ2v) is 10.2. The average Bonchev–Trinajstić information content (AvgIpc) is 3.67. The van der Waals surface area contributed by atoms with Crippen LogP contribution in [0.3, 0.4) is 0 Å². The van der Waals surface area contributed by atoms with E-state index in [4.69, 9.17) is 14.1 Å². The number of hydrogen-bond acceptors (Lipinski definition) is 6. The summed E-state index contributed by atoms with van der Waals surface area (Å²) >= 11 is 0. The molecule has 1 fully saturated rings. The topological polar surface area (TPSA) is 78.3 Å². The Morgan fingerprint density at radius 3 is 2.62 bits per heavy atom. The molecule has 0 bridgehead atoms. The minimum Gasteiger partial charge on any atom is -0.436 e. The summed E-state index contributed by atoms with van der Waals surface area (Å²) in [5, 5.41) is 0.789. The first-order valence-electron chi connectivity index (χ1n) is 13.1. The zero-order valence-electron chi connectivity index (χ0n) is 21.4. The highest BCUT2D eigenvalue weighted by Crippen LogP contribution is 2.41. The highest BCUT2D eigenvalue weighted by Gasteiger charge is 2.38. The molecule has 7 nitrogen and oxygen atoms in total. The molecule has 39 heavy (non-hydrogen) atoms. The molecular weight excluding hydrogens is 493 g/mol. The molecule has 3 aromatic heterocycles. The quantitative estimate of drug-likeness (QED) is 0.263. The van der Waals surface area contributed by atoms with E-state index < -0.39 is 0 Å². The fourth-order valence-corrected chi connectivity index (χ4v) is 5.32. The lowest BCUT2D eigenvalue weighted by Crippen LogP contribution is -2.36. The van der Waals surface area contributed by atoms with Crippen LogP contribution in [0.5, 0.6) is 0 Å². The number of halogens is 1. The lowest BCUT2D eigenvalue weighted by molar-refractivity contribution is -0.0425. The van der Waals surface area contributed by atoms with Crippen molar-refractivity contribution < 1.29 is 13.5 Å². The van der Waals surface area contributed by atoms with E-state index in [1.165, 1.54) is 24.0 Å². The zero-order chi connectivity index (χ0) is 26.3. The first-order chi connectivity index (χ1) is 19.1. The van der Waals surface area contributed by atoms with Crippen LogP contribution in [-0.2, 0) is 18.4 Å². The Balaban J connectivity index is 1.19. The second kappa shape index (κ2) is 9.71. The number of fused-ring (bicyclic) bond motifs is 1. The fraction of sp³-hybridized carbons (Fsp3) is 0.226. The number of ether oxygens (including phenoxy) is 1. The van der Waals surface area contributed by atoms with Crippen molar-refractivity contribution in [2.24, 2.45) is 18.0 Å². The summed E-state index contributed by atoms with van der Waals surface area (Å²) in [5.41, 5.74) is 5.69. The van der Waals surface area contributed by atoms with Gasteiger partial charge in [0.25, 0.3) is 0 Å². The maximum Gasteiger partial charge on any atom is 0.230 e. The van der Waals surface area contributed by atoms with Crippen LogP contribution in [0.25, 0.3) is 28.1 Å². The molecule has 1 atom stereocenters. The van der Waals surface area contributed by atoms with Gasteiger partial charge in [0.15, 0.2) is 5.76 Å². The van der Waals surface area contributed by atoms with E-state index in [-0.39, 0.29) is 18.0 Å². The van der Waals surface area contributed by atoms with Gasteiger partial charge in [0.05, 0.1) is 41.9 Å². The Labute approximate surface area is 224 Å². The molecule has 0 radical (unpaired) electrons. The number of furan rings is 1. The maximum absolute atomic E-state index is 13.8. The van der Waals surface area contributed by atoms with Crippen molar-refractivity contribution in [1.82, 2.24) is 19.5 Å². The molecule has 0 saturated heterocycles. The van der Waals surface area contributed by atoms with Gasteiger partial charge < -0.3 is 13.7 Å². The molecule has 4 heterocycles. The van der Waals surface area contributed by atoms with E-state index in [0.717, 1.165) is 46.5 Å². The van der Waals surface area contributed by atoms with Crippen LogP contribution in [-0.4, -0.2) is 37.4 Å². The van der Waals surface area contributed by atoms with Crippen LogP contribution in [0.4, 0.5) is 4.39 Å². The first-order valence-corrected chi connectivity index (χ1v) is 13.1. The molecule has 0 spiro atoms. The third-order valence-corrected chi connectivity index (χ3v) is 7.47. The summed E-state index contributed by atoms with van der Waals surface area (Å²) in [6.07, 6.45) is 9.43. The monoisotopic (exact) mass is 519 g/mol. The van der Waals surface area contributed by atoms with Crippen molar-refractivity contribution in [3.63, 3.8) is 0 Å². The Hall–Kier alpha value is -4.43. The van der Waals surface area contributed by atoms with Gasteiger partial charge in [-0.2, -0.15) is 0 Å². The molecule has 5 aromatic rings. The molecule has 0 N–H and O–H groups in total. The number of nitrogens with zero attached hydrogens (tertiary/aromatic N) is 5. The predicted octanol–water partition coefficient (Wildman–Crippen LogP) is 6.01. The number of imidazole rings is 1. The van der Waals surface area contributed by atoms with Gasteiger partial charge in [0.2, 0.25) is 5.71 Å². The van der Waals surface area contributed by atoms with E-state index in [1.54, 1.807) is 18.5 Å². The number of aryl methyl sites for hydroxylation is 1. The Bertz CT molecular complexity index is 1700. The molecule has 7 rings (SSSR count). The fourth-order valence-electron chi connectivity index (χ4n) is 5.32. The van der Waals surface area contributed by atoms with Crippen molar-refractivity contribution in [2.45, 2.75) is 31.6 Å². The van der Waals surface area contributed by atoms with Crippen LogP contribution in [0.2, 0.25) is 0 Å². The van der Waals surface area contributed by atoms with Crippen molar-refractivity contribution in [2.75, 3.05) is 0 Å². The third kappa shape index (κ3) is 4.57. The molecule has 1 aliphatic carbocycles. The molecule has 194 valence electrons. The summed E-state index contributed by atoms with van der Waals surface area (Å²) in [6, 6.07) is 18.6. The molecule has 1 saturated carbocycles. The summed E-state index contributed by atoms with van der Waals surface area (Å²) in [4.78, 5) is 18.6. The molecule has 1 unspecified atom stereocenters. The van der Waals surface area contributed by atoms with Crippen molar-refractivity contribution in [3.05, 3.63) is 108 Å². The number of benzene rings is 2. The Morgan fingerprint density at radius 2 is 1.85 bits per heavy atom. The molecule has 1 aliphatic heterocycles. The van der Waals surface area contributed by atoms with Crippen LogP contribution < -0.4 is 0 Å². The number of allylic oxidation sites excluding steroid dienone is 1. The van der Waals surface area contributed by atoms with Gasteiger partial charge in [-0.05, 0) is 60.7 Å². The predicted molar refractivity (Wildman–Crippen MR) is 146 cm³/mol. The molecule has 0 amide bonds. The van der Waals surface area contributed by atoms with E-state index in [9.17, 15) is 4.39 Å². The summed E-state index contributed by atoms with van der Waals surface area (Å²) in [7, 11) is 1.91. The van der Waals surface area contributed by atoms with Gasteiger partial charge in [-0.1, -0.05) is 30.3 Å². The van der Waals surface area contributed by atoms with Gasteiger partial charge in [0.1, 0.15) is 17.8 Å². The summed E-state index contributed by atoms with van der Waals surface area (Å²) in [5.74, 6) is 0.709. The average molecular weight is 520 g/mol. The SMILES string of the molecule is Cn1cnc(-c2cc3c(C4=CC(C5CC(OCc6ccccc6)C5)N=C4c4ccc(F)cc4)ncnc3o2)c1. The van der Waals surface area contributed by atoms with Crippen LogP contribution in [0.15, 0.2) is 95.0 Å². The minimum atomic E-state index is -0.281. The number of aliphatic imine (C=N–C) groups is 1. The van der Waals surface area contributed by atoms with Crippen LogP contribution in [0.1, 0.15) is 29.7 Å². The molecule has 2 aliphatic rings. The van der Waals surface area contributed by atoms with Crippen LogP contribution >= 0.6 is 0 Å². The Morgan fingerprint density at radius 1 is 1.03 bits per heavy atom. The van der Waals surface area contributed by atoms with Crippen molar-refractivity contribution in [3.8, 4) is 11.5 Å². The van der Waals surface area contributed by atoms with E-state index >= 15 is 0 Å². The van der Waals surface area contributed by atoms with Crippen molar-refractivity contribution in [1.29, 1.82) is 0 Å². The van der Waals surface area contributed by atoms with E-state index in [0.29, 0.717) is 24.0 Å². The minimum absolute atomic E-state index is 0.0104. The molecule has 8 heteroatoms. The third-order valence-electron chi connectivity index (χ3n) is 7.47. The van der Waals surface area contributed by atoms with Gasteiger partial charge in [-0.15, -0.1) is 0 Å². The molecular formula is C31H26FN5O2. The lowest BCUT2D eigenvalue weighted by Gasteiger charge is -2.37. The Kier molecular flexibility index (Phi) is 5.89. The summed E-state index contributed by atoms with van der Waals surface area (Å²) in [6.45, 7) is 0.617. The lowest BCUT2D eigenvalue weighted by atomic mass is 9.77. The zero-order valence-corrected chi connectivity index (χ0v) is 21.4. The van der Waals surface area contributed by atoms with Crippen LogP contribution in [0, 0.1) is 11.7 Å². The normalized spacial score (nSPS) is 20.6. The van der Waals surface area contributed by atoms with Gasteiger partial charge in [-0.25, -0.2) is 19.3 Å². The highest BCUT2D eigenvalue weighted by molar-refractivity contribution is 6.34. The summed E-state index contributed by atoms with van der Waals surface area (Å²) < 4.78 is 27.8. The van der Waals surface area contributed by atoms with Crippen molar-refractivity contribution >= 4 is 22.4 Å². The standard InChI is InChI=1S/C31H26FN5O2/c1-37-15-27(35-18-37)28-14-25-30(33-17-34-31(25)39-28)24-13-26(36-29(24)20-7-9-22(32)10-8-20)21-11-23(12-21)38-16-19-5-3-2-4-6-19/h2-10,13-15,17-18,21,23,26H,11-12,16H2,1H3.